The van der Waals surface area contributed by atoms with E-state index in [0.717, 1.165) is 37.6 Å². The van der Waals surface area contributed by atoms with Crippen LogP contribution >= 0.6 is 0 Å². The molecule has 2 aromatic rings. The predicted octanol–water partition coefficient (Wildman–Crippen LogP) is 0.567. The van der Waals surface area contributed by atoms with Crippen LogP contribution in [0.2, 0.25) is 0 Å². The van der Waals surface area contributed by atoms with Crippen LogP contribution in [0.15, 0.2) is 24.4 Å². The first-order valence-corrected chi connectivity index (χ1v) is 7.74. The minimum absolute atomic E-state index is 0.0523. The fraction of sp³-hybridized carbons (Fsp3) is 0.533. The largest absolute Gasteiger partial charge is 0.481 e. The molecule has 23 heavy (non-hydrogen) atoms. The quantitative estimate of drug-likeness (QED) is 0.832. The molecule has 1 fully saturated rings. The zero-order chi connectivity index (χ0) is 16.2. The van der Waals surface area contributed by atoms with Crippen molar-refractivity contribution < 1.29 is 9.90 Å². The molecule has 3 rings (SSSR count). The number of likely N-dealkylation sites (tertiary alicyclic amines) is 1. The Morgan fingerprint density at radius 2 is 2.22 bits per heavy atom. The Labute approximate surface area is 134 Å². The van der Waals surface area contributed by atoms with Crippen LogP contribution in [-0.4, -0.2) is 60.8 Å². The van der Waals surface area contributed by atoms with Crippen molar-refractivity contribution in [2.24, 2.45) is 5.92 Å². The normalized spacial score (nSPS) is 21.6. The number of hydrogen-bond acceptors (Lipinski definition) is 6. The van der Waals surface area contributed by atoms with Crippen molar-refractivity contribution in [2.45, 2.75) is 25.8 Å². The van der Waals surface area contributed by atoms with Gasteiger partial charge in [-0.05, 0) is 42.4 Å². The lowest BCUT2D eigenvalue weighted by atomic mass is 9.93. The fourth-order valence-electron chi connectivity index (χ4n) is 3.11. The molecule has 0 aromatic carbocycles. The van der Waals surface area contributed by atoms with Crippen molar-refractivity contribution in [1.29, 1.82) is 0 Å². The van der Waals surface area contributed by atoms with Gasteiger partial charge in [0.05, 0.1) is 5.92 Å². The molecule has 0 aliphatic carbocycles. The highest BCUT2D eigenvalue weighted by Gasteiger charge is 2.38. The standard InChI is InChI=1S/C15H20N6O2/c1-11-17-18-19-21(11)8-4-7-20-9-12(13(10-20)15(22)23)14-5-2-3-6-16-14/h2-3,5-6,12-13H,4,7-10H2,1H3,(H,22,23)/t12-,13-/m0/s1. The van der Waals surface area contributed by atoms with Crippen molar-refractivity contribution in [1.82, 2.24) is 30.1 Å². The summed E-state index contributed by atoms with van der Waals surface area (Å²) < 4.78 is 1.76. The van der Waals surface area contributed by atoms with E-state index in [1.165, 1.54) is 0 Å². The molecule has 2 aromatic heterocycles. The van der Waals surface area contributed by atoms with Gasteiger partial charge >= 0.3 is 5.97 Å². The number of carboxylic acids is 1. The van der Waals surface area contributed by atoms with E-state index in [0.29, 0.717) is 6.54 Å². The van der Waals surface area contributed by atoms with E-state index in [1.54, 1.807) is 10.9 Å². The molecule has 0 amide bonds. The smallest absolute Gasteiger partial charge is 0.308 e. The van der Waals surface area contributed by atoms with Gasteiger partial charge in [-0.15, -0.1) is 5.10 Å². The molecule has 1 saturated heterocycles. The van der Waals surface area contributed by atoms with Gasteiger partial charge in [0.1, 0.15) is 5.82 Å². The van der Waals surface area contributed by atoms with Gasteiger partial charge in [0.25, 0.3) is 0 Å². The maximum Gasteiger partial charge on any atom is 0.308 e. The average molecular weight is 316 g/mol. The maximum absolute atomic E-state index is 11.6. The Balaban J connectivity index is 1.59. The van der Waals surface area contributed by atoms with Crippen LogP contribution in [0.4, 0.5) is 0 Å². The summed E-state index contributed by atoms with van der Waals surface area (Å²) in [6.07, 6.45) is 2.60. The molecule has 0 spiro atoms. The highest BCUT2D eigenvalue weighted by molar-refractivity contribution is 5.72. The number of pyridine rings is 1. The van der Waals surface area contributed by atoms with E-state index in [-0.39, 0.29) is 5.92 Å². The number of aryl methyl sites for hydroxylation is 2. The van der Waals surface area contributed by atoms with Crippen LogP contribution < -0.4 is 0 Å². The van der Waals surface area contributed by atoms with Crippen molar-refractivity contribution in [2.75, 3.05) is 19.6 Å². The van der Waals surface area contributed by atoms with Gasteiger partial charge in [-0.3, -0.25) is 9.78 Å². The summed E-state index contributed by atoms with van der Waals surface area (Å²) in [5.74, 6) is -0.413. The number of nitrogens with zero attached hydrogens (tertiary/aromatic N) is 6. The Bertz CT molecular complexity index is 659. The molecule has 0 radical (unpaired) electrons. The number of rotatable bonds is 6. The monoisotopic (exact) mass is 316 g/mol. The van der Waals surface area contributed by atoms with Gasteiger partial charge in [-0.2, -0.15) is 0 Å². The summed E-state index contributed by atoms with van der Waals surface area (Å²) >= 11 is 0. The highest BCUT2D eigenvalue weighted by atomic mass is 16.4. The van der Waals surface area contributed by atoms with Crippen LogP contribution in [0, 0.1) is 12.8 Å². The summed E-state index contributed by atoms with van der Waals surface area (Å²) in [6, 6.07) is 5.67. The summed E-state index contributed by atoms with van der Waals surface area (Å²) in [7, 11) is 0. The average Bonchev–Trinajstić information content (AvgIpc) is 3.15. The predicted molar refractivity (Wildman–Crippen MR) is 81.7 cm³/mol. The van der Waals surface area contributed by atoms with Gasteiger partial charge in [-0.25, -0.2) is 4.68 Å². The number of tetrazole rings is 1. The lowest BCUT2D eigenvalue weighted by molar-refractivity contribution is -0.141. The van der Waals surface area contributed by atoms with Crippen molar-refractivity contribution in [3.05, 3.63) is 35.9 Å². The fourth-order valence-corrected chi connectivity index (χ4v) is 3.11. The SMILES string of the molecule is Cc1nnnn1CCCN1C[C@H](C(=O)O)[C@@H](c2ccccn2)C1. The van der Waals surface area contributed by atoms with Crippen LogP contribution in [-0.2, 0) is 11.3 Å². The third-order valence-electron chi connectivity index (χ3n) is 4.34. The molecule has 2 atom stereocenters. The summed E-state index contributed by atoms with van der Waals surface area (Å²) in [6.45, 7) is 4.72. The second-order valence-electron chi connectivity index (χ2n) is 5.87. The zero-order valence-electron chi connectivity index (χ0n) is 13.0. The molecule has 1 N–H and O–H groups in total. The van der Waals surface area contributed by atoms with Gasteiger partial charge in [-0.1, -0.05) is 6.07 Å². The molecule has 8 heteroatoms. The van der Waals surface area contributed by atoms with Crippen molar-refractivity contribution in [3.63, 3.8) is 0 Å². The minimum atomic E-state index is -0.750. The Kier molecular flexibility index (Phi) is 4.61. The number of hydrogen-bond donors (Lipinski definition) is 1. The molecule has 8 nitrogen and oxygen atoms in total. The Morgan fingerprint density at radius 3 is 2.87 bits per heavy atom. The molecule has 1 aliphatic heterocycles. The molecule has 0 bridgehead atoms. The van der Waals surface area contributed by atoms with Crippen LogP contribution in [0.3, 0.4) is 0 Å². The van der Waals surface area contributed by atoms with E-state index in [2.05, 4.69) is 25.4 Å². The third-order valence-corrected chi connectivity index (χ3v) is 4.34. The van der Waals surface area contributed by atoms with Crippen LogP contribution in [0.1, 0.15) is 23.9 Å². The van der Waals surface area contributed by atoms with Crippen LogP contribution in [0.5, 0.6) is 0 Å². The van der Waals surface area contributed by atoms with Crippen LogP contribution in [0.25, 0.3) is 0 Å². The summed E-state index contributed by atoms with van der Waals surface area (Å²) in [5.41, 5.74) is 0.860. The number of aromatic nitrogens is 5. The molecule has 1 aliphatic rings. The van der Waals surface area contributed by atoms with Gasteiger partial charge < -0.3 is 10.0 Å². The first-order valence-electron chi connectivity index (χ1n) is 7.74. The number of aliphatic carboxylic acids is 1. The Morgan fingerprint density at radius 1 is 1.35 bits per heavy atom. The molecular formula is C15H20N6O2. The molecular weight excluding hydrogens is 296 g/mol. The number of carboxylic acid groups (broad SMARTS) is 1. The lowest BCUT2D eigenvalue weighted by Crippen LogP contribution is -2.25. The van der Waals surface area contributed by atoms with E-state index in [9.17, 15) is 9.90 Å². The minimum Gasteiger partial charge on any atom is -0.481 e. The van der Waals surface area contributed by atoms with Crippen molar-refractivity contribution in [3.8, 4) is 0 Å². The third kappa shape index (κ3) is 3.53. The number of carbonyl (C=O) groups is 1. The molecule has 122 valence electrons. The second-order valence-corrected chi connectivity index (χ2v) is 5.87. The summed E-state index contributed by atoms with van der Waals surface area (Å²) in [4.78, 5) is 18.1. The highest BCUT2D eigenvalue weighted by Crippen LogP contribution is 2.31. The van der Waals surface area contributed by atoms with Gasteiger partial charge in [0.15, 0.2) is 0 Å². The maximum atomic E-state index is 11.6. The first-order chi connectivity index (χ1) is 11.1. The van der Waals surface area contributed by atoms with E-state index in [4.69, 9.17) is 0 Å². The van der Waals surface area contributed by atoms with E-state index < -0.39 is 11.9 Å². The first kappa shape index (κ1) is 15.5. The zero-order valence-corrected chi connectivity index (χ0v) is 13.0. The molecule has 0 unspecified atom stereocenters. The van der Waals surface area contributed by atoms with E-state index in [1.807, 2.05) is 25.1 Å². The van der Waals surface area contributed by atoms with Gasteiger partial charge in [0.2, 0.25) is 0 Å². The topological polar surface area (TPSA) is 97.0 Å². The molecule has 3 heterocycles. The molecule has 0 saturated carbocycles. The Hall–Kier alpha value is -2.35. The van der Waals surface area contributed by atoms with E-state index >= 15 is 0 Å². The van der Waals surface area contributed by atoms with Crippen molar-refractivity contribution >= 4 is 5.97 Å². The van der Waals surface area contributed by atoms with Gasteiger partial charge in [0, 0.05) is 37.4 Å². The lowest BCUT2D eigenvalue weighted by Gasteiger charge is -2.15. The summed E-state index contributed by atoms with van der Waals surface area (Å²) in [5, 5.41) is 20.9. The second kappa shape index (κ2) is 6.82.